The maximum Gasteiger partial charge on any atom is 0.268 e. The first-order valence-corrected chi connectivity index (χ1v) is 11.5. The Balaban J connectivity index is 1.66. The highest BCUT2D eigenvalue weighted by atomic mass is 32.2. The maximum absolute atomic E-state index is 13.6. The van der Waals surface area contributed by atoms with E-state index in [0.717, 1.165) is 11.1 Å². The fourth-order valence-electron chi connectivity index (χ4n) is 3.28. The predicted octanol–water partition coefficient (Wildman–Crippen LogP) is 6.69. The van der Waals surface area contributed by atoms with Crippen molar-refractivity contribution >= 4 is 33.6 Å². The molecular weight excluding hydrogens is 402 g/mol. The third kappa shape index (κ3) is 4.76. The number of rotatable bonds is 6. The molecule has 31 heavy (non-hydrogen) atoms. The van der Waals surface area contributed by atoms with E-state index >= 15 is 0 Å². The first-order chi connectivity index (χ1) is 15.0. The van der Waals surface area contributed by atoms with Gasteiger partial charge in [-0.2, -0.15) is 0 Å². The number of benzene rings is 4. The molecule has 0 atom stereocenters. The molecule has 4 aromatic rings. The van der Waals surface area contributed by atoms with Crippen LogP contribution in [-0.2, 0) is 10.0 Å². The Kier molecular flexibility index (Phi) is 6.01. The van der Waals surface area contributed by atoms with Crippen molar-refractivity contribution in [1.82, 2.24) is 0 Å². The van der Waals surface area contributed by atoms with Crippen LogP contribution in [0.4, 0.5) is 11.4 Å². The number of anilines is 2. The van der Waals surface area contributed by atoms with Gasteiger partial charge in [-0.1, -0.05) is 90.5 Å². The van der Waals surface area contributed by atoms with Crippen molar-refractivity contribution in [3.8, 4) is 0 Å². The van der Waals surface area contributed by atoms with Crippen molar-refractivity contribution in [2.75, 3.05) is 4.31 Å². The molecule has 0 aliphatic carbocycles. The summed E-state index contributed by atoms with van der Waals surface area (Å²) < 4.78 is 28.5. The van der Waals surface area contributed by atoms with E-state index in [-0.39, 0.29) is 4.90 Å². The topological polar surface area (TPSA) is 37.4 Å². The highest BCUT2D eigenvalue weighted by Crippen LogP contribution is 2.32. The molecule has 0 unspecified atom stereocenters. The normalized spacial score (nSPS) is 11.5. The summed E-state index contributed by atoms with van der Waals surface area (Å²) in [4.78, 5) is 0.243. The molecule has 0 spiro atoms. The maximum atomic E-state index is 13.6. The van der Waals surface area contributed by atoms with Crippen molar-refractivity contribution in [3.05, 3.63) is 126 Å². The lowest BCUT2D eigenvalue weighted by Gasteiger charge is -2.24. The van der Waals surface area contributed by atoms with Crippen molar-refractivity contribution < 1.29 is 8.42 Å². The summed E-state index contributed by atoms with van der Waals surface area (Å²) in [6.45, 7) is 2.06. The van der Waals surface area contributed by atoms with E-state index in [1.165, 1.54) is 9.87 Å². The van der Waals surface area contributed by atoms with Crippen LogP contribution in [0.5, 0.6) is 0 Å². The Bertz CT molecular complexity index is 1220. The zero-order valence-electron chi connectivity index (χ0n) is 17.2. The minimum absolute atomic E-state index is 0.243. The minimum Gasteiger partial charge on any atom is -0.235 e. The van der Waals surface area contributed by atoms with E-state index < -0.39 is 10.0 Å². The summed E-state index contributed by atoms with van der Waals surface area (Å²) in [7, 11) is -3.79. The third-order valence-electron chi connectivity index (χ3n) is 4.95. The van der Waals surface area contributed by atoms with Gasteiger partial charge in [-0.3, -0.25) is 0 Å². The van der Waals surface area contributed by atoms with Gasteiger partial charge in [-0.05, 0) is 54.4 Å². The quantitative estimate of drug-likeness (QED) is 0.323. The van der Waals surface area contributed by atoms with Crippen LogP contribution in [0.2, 0.25) is 0 Å². The average molecular weight is 426 g/mol. The SMILES string of the molecule is Cc1ccc(/C=C/c2ccc(S(=O)(=O)N(c3ccccc3)c3ccccc3)cc2)cc1. The Hall–Kier alpha value is -3.63. The largest absolute Gasteiger partial charge is 0.268 e. The average Bonchev–Trinajstić information content (AvgIpc) is 2.80. The van der Waals surface area contributed by atoms with Gasteiger partial charge in [-0.15, -0.1) is 0 Å². The van der Waals surface area contributed by atoms with E-state index in [0.29, 0.717) is 11.4 Å². The molecule has 0 aliphatic rings. The molecule has 4 heteroatoms. The molecule has 0 saturated heterocycles. The van der Waals surface area contributed by atoms with Gasteiger partial charge < -0.3 is 0 Å². The lowest BCUT2D eigenvalue weighted by Crippen LogP contribution is -2.26. The zero-order valence-corrected chi connectivity index (χ0v) is 18.0. The van der Waals surface area contributed by atoms with Crippen LogP contribution in [-0.4, -0.2) is 8.42 Å². The first kappa shape index (κ1) is 20.6. The van der Waals surface area contributed by atoms with Gasteiger partial charge in [0.15, 0.2) is 0 Å². The van der Waals surface area contributed by atoms with Gasteiger partial charge in [0.25, 0.3) is 10.0 Å². The van der Waals surface area contributed by atoms with Gasteiger partial charge in [0.05, 0.1) is 16.3 Å². The molecule has 0 heterocycles. The number of sulfonamides is 1. The van der Waals surface area contributed by atoms with Crippen LogP contribution in [0.15, 0.2) is 114 Å². The van der Waals surface area contributed by atoms with E-state index in [1.807, 2.05) is 60.7 Å². The molecule has 4 aromatic carbocycles. The van der Waals surface area contributed by atoms with Crippen LogP contribution in [0.25, 0.3) is 12.2 Å². The van der Waals surface area contributed by atoms with Crippen molar-refractivity contribution in [2.45, 2.75) is 11.8 Å². The van der Waals surface area contributed by atoms with Crippen molar-refractivity contribution in [2.24, 2.45) is 0 Å². The minimum atomic E-state index is -3.79. The molecular formula is C27H23NO2S. The smallest absolute Gasteiger partial charge is 0.235 e. The van der Waals surface area contributed by atoms with E-state index in [9.17, 15) is 8.42 Å². The van der Waals surface area contributed by atoms with Crippen LogP contribution in [0.3, 0.4) is 0 Å². The van der Waals surface area contributed by atoms with Gasteiger partial charge in [0.2, 0.25) is 0 Å². The van der Waals surface area contributed by atoms with Crippen LogP contribution >= 0.6 is 0 Å². The predicted molar refractivity (Wildman–Crippen MR) is 129 cm³/mol. The second-order valence-corrected chi connectivity index (χ2v) is 9.04. The molecule has 3 nitrogen and oxygen atoms in total. The summed E-state index contributed by atoms with van der Waals surface area (Å²) in [5, 5.41) is 0. The van der Waals surface area contributed by atoms with Gasteiger partial charge in [0.1, 0.15) is 0 Å². The first-order valence-electron chi connectivity index (χ1n) is 10.0. The highest BCUT2D eigenvalue weighted by molar-refractivity contribution is 7.93. The molecule has 0 radical (unpaired) electrons. The third-order valence-corrected chi connectivity index (χ3v) is 6.72. The van der Waals surface area contributed by atoms with Crippen molar-refractivity contribution in [1.29, 1.82) is 0 Å². The van der Waals surface area contributed by atoms with Crippen molar-refractivity contribution in [3.63, 3.8) is 0 Å². The highest BCUT2D eigenvalue weighted by Gasteiger charge is 2.26. The molecule has 0 N–H and O–H groups in total. The molecule has 4 rings (SSSR count). The Labute approximate surface area is 184 Å². The summed E-state index contributed by atoms with van der Waals surface area (Å²) in [6, 6.07) is 33.5. The lowest BCUT2D eigenvalue weighted by molar-refractivity contribution is 0.596. The van der Waals surface area contributed by atoms with Gasteiger partial charge in [-0.25, -0.2) is 12.7 Å². The van der Waals surface area contributed by atoms with Gasteiger partial charge in [0, 0.05) is 0 Å². The molecule has 0 bridgehead atoms. The summed E-state index contributed by atoms with van der Waals surface area (Å²) in [6.07, 6.45) is 4.00. The molecule has 154 valence electrons. The Morgan fingerprint density at radius 2 is 1.00 bits per heavy atom. The Morgan fingerprint density at radius 3 is 1.45 bits per heavy atom. The zero-order chi connectivity index (χ0) is 21.7. The second kappa shape index (κ2) is 9.02. The molecule has 0 aromatic heterocycles. The number of hydrogen-bond donors (Lipinski definition) is 0. The number of nitrogens with zero attached hydrogens (tertiary/aromatic N) is 1. The van der Waals surface area contributed by atoms with Gasteiger partial charge >= 0.3 is 0 Å². The second-order valence-electron chi connectivity index (χ2n) is 7.25. The van der Waals surface area contributed by atoms with E-state index in [4.69, 9.17) is 0 Å². The molecule has 0 amide bonds. The van der Waals surface area contributed by atoms with Crippen LogP contribution in [0, 0.1) is 6.92 Å². The fourth-order valence-corrected chi connectivity index (χ4v) is 4.77. The Morgan fingerprint density at radius 1 is 0.581 bits per heavy atom. The standard InChI is InChI=1S/C27H23NO2S/c1-22-12-14-23(15-13-22)16-17-24-18-20-27(21-19-24)31(29,30)28(25-8-4-2-5-9-25)26-10-6-3-7-11-26/h2-21H,1H3/b17-16+. The number of hydrogen-bond acceptors (Lipinski definition) is 2. The van der Waals surface area contributed by atoms with Crippen LogP contribution in [0.1, 0.15) is 16.7 Å². The lowest BCUT2D eigenvalue weighted by atomic mass is 10.1. The van der Waals surface area contributed by atoms with E-state index in [2.05, 4.69) is 31.2 Å². The monoisotopic (exact) mass is 425 g/mol. The van der Waals surface area contributed by atoms with Crippen LogP contribution < -0.4 is 4.31 Å². The molecule has 0 fully saturated rings. The number of aryl methyl sites for hydroxylation is 1. The summed E-state index contributed by atoms with van der Waals surface area (Å²) in [5.74, 6) is 0. The fraction of sp³-hybridized carbons (Fsp3) is 0.0370. The van der Waals surface area contributed by atoms with E-state index in [1.54, 1.807) is 36.4 Å². The number of para-hydroxylation sites is 2. The molecule has 0 aliphatic heterocycles. The summed E-state index contributed by atoms with van der Waals surface area (Å²) >= 11 is 0. The summed E-state index contributed by atoms with van der Waals surface area (Å²) in [5.41, 5.74) is 4.44. The molecule has 0 saturated carbocycles.